The Morgan fingerprint density at radius 3 is 1.70 bits per heavy atom. The van der Waals surface area contributed by atoms with Crippen molar-refractivity contribution in [1.29, 1.82) is 0 Å². The van der Waals surface area contributed by atoms with Crippen LogP contribution in [0.2, 0.25) is 0 Å². The van der Waals surface area contributed by atoms with Crippen molar-refractivity contribution in [2.24, 2.45) is 23.7 Å². The molecule has 0 amide bonds. The molecule has 6 heteroatoms. The van der Waals surface area contributed by atoms with E-state index in [-0.39, 0.29) is 0 Å². The van der Waals surface area contributed by atoms with E-state index in [0.29, 0.717) is 19.3 Å². The van der Waals surface area contributed by atoms with Crippen LogP contribution in [0.15, 0.2) is 0 Å². The van der Waals surface area contributed by atoms with E-state index in [1.54, 1.807) is 6.92 Å². The molecular weight excluding hydrogens is 264 g/mol. The summed E-state index contributed by atoms with van der Waals surface area (Å²) in [5.41, 5.74) is 0. The topological polar surface area (TPSA) is 86.7 Å². The van der Waals surface area contributed by atoms with Crippen LogP contribution in [0.3, 0.4) is 0 Å². The maximum atomic E-state index is 11.7. The SMILES string of the molecule is CCCC1C(=O)OC(=O)C1CCC1C(=O)OC(=O)C1C. The summed E-state index contributed by atoms with van der Waals surface area (Å²) in [7, 11) is 0. The van der Waals surface area contributed by atoms with Gasteiger partial charge >= 0.3 is 23.9 Å². The van der Waals surface area contributed by atoms with Gasteiger partial charge in [-0.1, -0.05) is 20.3 Å². The Hall–Kier alpha value is -1.72. The lowest BCUT2D eigenvalue weighted by molar-refractivity contribution is -0.156. The van der Waals surface area contributed by atoms with E-state index in [1.807, 2.05) is 6.92 Å². The summed E-state index contributed by atoms with van der Waals surface area (Å²) in [6.45, 7) is 3.57. The summed E-state index contributed by atoms with van der Waals surface area (Å²) in [4.78, 5) is 46.1. The summed E-state index contributed by atoms with van der Waals surface area (Å²) in [6.07, 6.45) is 2.11. The zero-order chi connectivity index (χ0) is 14.9. The number of hydrogen-bond acceptors (Lipinski definition) is 6. The lowest BCUT2D eigenvalue weighted by Gasteiger charge is -2.15. The number of ether oxygens (including phenoxy) is 2. The van der Waals surface area contributed by atoms with Crippen molar-refractivity contribution in [3.63, 3.8) is 0 Å². The van der Waals surface area contributed by atoms with E-state index in [4.69, 9.17) is 0 Å². The van der Waals surface area contributed by atoms with Gasteiger partial charge < -0.3 is 9.47 Å². The fraction of sp³-hybridized carbons (Fsp3) is 0.714. The standard InChI is InChI=1S/C14H18O6/c1-3-4-9-10(14(18)20-13(9)17)6-5-8-7(2)11(15)19-12(8)16/h7-10H,3-6H2,1-2H3. The van der Waals surface area contributed by atoms with Crippen LogP contribution in [0.1, 0.15) is 39.5 Å². The summed E-state index contributed by atoms with van der Waals surface area (Å²) in [6, 6.07) is 0. The van der Waals surface area contributed by atoms with Crippen LogP contribution in [0, 0.1) is 23.7 Å². The van der Waals surface area contributed by atoms with Crippen molar-refractivity contribution in [2.75, 3.05) is 0 Å². The van der Waals surface area contributed by atoms with Gasteiger partial charge in [-0.2, -0.15) is 0 Å². The fourth-order valence-corrected chi connectivity index (χ4v) is 2.89. The molecule has 2 heterocycles. The molecule has 0 aromatic carbocycles. The lowest BCUT2D eigenvalue weighted by atomic mass is 9.83. The van der Waals surface area contributed by atoms with Gasteiger partial charge in [0, 0.05) is 0 Å². The fourth-order valence-electron chi connectivity index (χ4n) is 2.89. The van der Waals surface area contributed by atoms with Crippen LogP contribution in [0.25, 0.3) is 0 Å². The van der Waals surface area contributed by atoms with Crippen molar-refractivity contribution in [2.45, 2.75) is 39.5 Å². The number of esters is 4. The van der Waals surface area contributed by atoms with Crippen LogP contribution < -0.4 is 0 Å². The minimum absolute atomic E-state index is 0.360. The molecule has 0 radical (unpaired) electrons. The minimum Gasteiger partial charge on any atom is -0.393 e. The summed E-state index contributed by atoms with van der Waals surface area (Å²) < 4.78 is 9.23. The van der Waals surface area contributed by atoms with Crippen molar-refractivity contribution in [1.82, 2.24) is 0 Å². The predicted octanol–water partition coefficient (Wildman–Crippen LogP) is 1.22. The second kappa shape index (κ2) is 5.73. The monoisotopic (exact) mass is 282 g/mol. The maximum Gasteiger partial charge on any atom is 0.317 e. The highest BCUT2D eigenvalue weighted by atomic mass is 16.6. The van der Waals surface area contributed by atoms with Crippen LogP contribution in [0.5, 0.6) is 0 Å². The molecule has 2 fully saturated rings. The van der Waals surface area contributed by atoms with E-state index in [1.165, 1.54) is 0 Å². The van der Waals surface area contributed by atoms with Gasteiger partial charge in [0.15, 0.2) is 0 Å². The predicted molar refractivity (Wildman–Crippen MR) is 66.0 cm³/mol. The second-order valence-corrected chi connectivity index (χ2v) is 5.45. The number of carbonyl (C=O) groups excluding carboxylic acids is 4. The molecule has 0 N–H and O–H groups in total. The van der Waals surface area contributed by atoms with Crippen molar-refractivity contribution < 1.29 is 28.7 Å². The van der Waals surface area contributed by atoms with Crippen molar-refractivity contribution >= 4 is 23.9 Å². The highest BCUT2D eigenvalue weighted by Gasteiger charge is 2.46. The number of carbonyl (C=O) groups is 4. The van der Waals surface area contributed by atoms with Crippen LogP contribution >= 0.6 is 0 Å². The molecule has 0 spiro atoms. The Morgan fingerprint density at radius 2 is 1.20 bits per heavy atom. The van der Waals surface area contributed by atoms with Gasteiger partial charge in [-0.05, 0) is 19.3 Å². The lowest BCUT2D eigenvalue weighted by Crippen LogP contribution is -2.21. The van der Waals surface area contributed by atoms with Crippen molar-refractivity contribution in [3.05, 3.63) is 0 Å². The van der Waals surface area contributed by atoms with Gasteiger partial charge in [0.1, 0.15) is 0 Å². The third-order valence-electron chi connectivity index (χ3n) is 4.16. The van der Waals surface area contributed by atoms with Crippen LogP contribution in [-0.2, 0) is 28.7 Å². The second-order valence-electron chi connectivity index (χ2n) is 5.45. The Labute approximate surface area is 116 Å². The molecule has 0 aromatic rings. The molecule has 4 atom stereocenters. The summed E-state index contributed by atoms with van der Waals surface area (Å²) in [5, 5.41) is 0. The average molecular weight is 282 g/mol. The zero-order valence-corrected chi connectivity index (χ0v) is 11.6. The molecule has 4 unspecified atom stereocenters. The highest BCUT2D eigenvalue weighted by Crippen LogP contribution is 2.35. The van der Waals surface area contributed by atoms with E-state index in [0.717, 1.165) is 6.42 Å². The van der Waals surface area contributed by atoms with E-state index in [9.17, 15) is 19.2 Å². The molecule has 0 aliphatic carbocycles. The molecule has 2 saturated heterocycles. The Bertz CT molecular complexity index is 455. The average Bonchev–Trinajstić information content (AvgIpc) is 2.78. The Kier molecular flexibility index (Phi) is 4.20. The van der Waals surface area contributed by atoms with Gasteiger partial charge in [0.25, 0.3) is 0 Å². The molecule has 0 saturated carbocycles. The molecule has 2 aliphatic rings. The van der Waals surface area contributed by atoms with Gasteiger partial charge in [0.05, 0.1) is 23.7 Å². The maximum absolute atomic E-state index is 11.7. The van der Waals surface area contributed by atoms with E-state index in [2.05, 4.69) is 9.47 Å². The number of hydrogen-bond donors (Lipinski definition) is 0. The first-order chi connectivity index (χ1) is 9.45. The number of rotatable bonds is 5. The zero-order valence-electron chi connectivity index (χ0n) is 11.6. The van der Waals surface area contributed by atoms with Crippen molar-refractivity contribution in [3.8, 4) is 0 Å². The van der Waals surface area contributed by atoms with Gasteiger partial charge in [-0.15, -0.1) is 0 Å². The van der Waals surface area contributed by atoms with Gasteiger partial charge in [-0.25, -0.2) is 0 Å². The van der Waals surface area contributed by atoms with Crippen LogP contribution in [-0.4, -0.2) is 23.9 Å². The normalized spacial score (nSPS) is 33.5. The molecule has 20 heavy (non-hydrogen) atoms. The third-order valence-corrected chi connectivity index (χ3v) is 4.16. The highest BCUT2D eigenvalue weighted by molar-refractivity contribution is 5.97. The van der Waals surface area contributed by atoms with Crippen LogP contribution in [0.4, 0.5) is 0 Å². The number of cyclic esters (lactones) is 4. The summed E-state index contributed by atoms with van der Waals surface area (Å²) >= 11 is 0. The first kappa shape index (κ1) is 14.7. The Balaban J connectivity index is 1.99. The molecule has 0 bridgehead atoms. The quantitative estimate of drug-likeness (QED) is 0.556. The minimum atomic E-state index is -0.535. The van der Waals surface area contributed by atoms with Gasteiger partial charge in [0.2, 0.25) is 0 Å². The third kappa shape index (κ3) is 2.59. The smallest absolute Gasteiger partial charge is 0.317 e. The first-order valence-corrected chi connectivity index (χ1v) is 6.96. The molecular formula is C14H18O6. The molecule has 0 aromatic heterocycles. The Morgan fingerprint density at radius 1 is 0.750 bits per heavy atom. The molecule has 6 nitrogen and oxygen atoms in total. The first-order valence-electron chi connectivity index (χ1n) is 6.96. The molecule has 2 aliphatic heterocycles. The van der Waals surface area contributed by atoms with Gasteiger partial charge in [-0.3, -0.25) is 19.2 Å². The summed E-state index contributed by atoms with van der Waals surface area (Å²) in [5.74, 6) is -3.97. The largest absolute Gasteiger partial charge is 0.393 e. The molecule has 2 rings (SSSR count). The van der Waals surface area contributed by atoms with E-state index >= 15 is 0 Å². The molecule has 110 valence electrons. The van der Waals surface area contributed by atoms with E-state index < -0.39 is 47.5 Å².